The Labute approximate surface area is 111 Å². The van der Waals surface area contributed by atoms with Crippen molar-refractivity contribution in [2.24, 2.45) is 5.92 Å². The van der Waals surface area contributed by atoms with Gasteiger partial charge in [0.25, 0.3) is 0 Å². The zero-order chi connectivity index (χ0) is 12.8. The van der Waals surface area contributed by atoms with Crippen molar-refractivity contribution in [3.8, 4) is 0 Å². The number of nitrogens with one attached hydrogen (secondary N) is 1. The summed E-state index contributed by atoms with van der Waals surface area (Å²) in [5.74, 6) is 0.779. The van der Waals surface area contributed by atoms with Crippen molar-refractivity contribution in [3.05, 3.63) is 0 Å². The van der Waals surface area contributed by atoms with Crippen molar-refractivity contribution in [3.63, 3.8) is 0 Å². The summed E-state index contributed by atoms with van der Waals surface area (Å²) in [5, 5.41) is 13.0. The monoisotopic (exact) mass is 256 g/mol. The Kier molecular flexibility index (Phi) is 5.89. The van der Waals surface area contributed by atoms with Gasteiger partial charge in [0.05, 0.1) is 12.7 Å². The number of hydrogen-bond donors (Lipinski definition) is 2. The largest absolute Gasteiger partial charge is 0.389 e. The molecular weight excluding hydrogens is 228 g/mol. The molecule has 0 heterocycles. The highest BCUT2D eigenvalue weighted by Crippen LogP contribution is 2.28. The standard InChI is InChI=1S/C14H28N2O2/c1-2-16(13-5-6-13)8-7-15-9-14(17)11-18-10-12-3-4-12/h12-15,17H,2-11H2,1H3. The molecule has 4 nitrogen and oxygen atoms in total. The third kappa shape index (κ3) is 5.65. The molecule has 0 aromatic rings. The van der Waals surface area contributed by atoms with E-state index >= 15 is 0 Å². The third-order valence-corrected chi connectivity index (χ3v) is 3.79. The summed E-state index contributed by atoms with van der Waals surface area (Å²) < 4.78 is 5.47. The maximum Gasteiger partial charge on any atom is 0.0897 e. The summed E-state index contributed by atoms with van der Waals surface area (Å²) in [7, 11) is 0. The lowest BCUT2D eigenvalue weighted by Crippen LogP contribution is -2.37. The molecule has 0 aromatic carbocycles. The maximum atomic E-state index is 9.73. The Morgan fingerprint density at radius 3 is 2.72 bits per heavy atom. The zero-order valence-corrected chi connectivity index (χ0v) is 11.6. The molecule has 18 heavy (non-hydrogen) atoms. The van der Waals surface area contributed by atoms with E-state index in [4.69, 9.17) is 4.74 Å². The van der Waals surface area contributed by atoms with E-state index in [9.17, 15) is 5.11 Å². The lowest BCUT2D eigenvalue weighted by atomic mass is 10.3. The molecule has 2 aliphatic rings. The smallest absolute Gasteiger partial charge is 0.0897 e. The van der Waals surface area contributed by atoms with Crippen molar-refractivity contribution in [1.29, 1.82) is 0 Å². The summed E-state index contributed by atoms with van der Waals surface area (Å²) in [6.07, 6.45) is 4.99. The van der Waals surface area contributed by atoms with Gasteiger partial charge in [-0.05, 0) is 38.1 Å². The van der Waals surface area contributed by atoms with Crippen LogP contribution in [0.5, 0.6) is 0 Å². The van der Waals surface area contributed by atoms with Crippen LogP contribution in [0.1, 0.15) is 32.6 Å². The lowest BCUT2D eigenvalue weighted by Gasteiger charge is -2.20. The van der Waals surface area contributed by atoms with Crippen molar-refractivity contribution >= 4 is 0 Å². The summed E-state index contributed by atoms with van der Waals surface area (Å²) >= 11 is 0. The predicted molar refractivity (Wildman–Crippen MR) is 72.7 cm³/mol. The molecular formula is C14H28N2O2. The van der Waals surface area contributed by atoms with Crippen LogP contribution >= 0.6 is 0 Å². The summed E-state index contributed by atoms with van der Waals surface area (Å²) in [6, 6.07) is 0.837. The van der Waals surface area contributed by atoms with Gasteiger partial charge >= 0.3 is 0 Å². The second kappa shape index (κ2) is 7.43. The molecule has 2 fully saturated rings. The molecule has 2 saturated carbocycles. The minimum Gasteiger partial charge on any atom is -0.389 e. The molecule has 0 saturated heterocycles. The Morgan fingerprint density at radius 1 is 1.33 bits per heavy atom. The molecule has 106 valence electrons. The molecule has 0 aromatic heterocycles. The highest BCUT2D eigenvalue weighted by atomic mass is 16.5. The number of ether oxygens (including phenoxy) is 1. The van der Waals surface area contributed by atoms with Gasteiger partial charge in [-0.2, -0.15) is 0 Å². The number of aliphatic hydroxyl groups is 1. The number of aliphatic hydroxyl groups excluding tert-OH is 1. The average molecular weight is 256 g/mol. The molecule has 4 heteroatoms. The Hall–Kier alpha value is -0.160. The van der Waals surface area contributed by atoms with Crippen molar-refractivity contribution < 1.29 is 9.84 Å². The number of nitrogens with zero attached hydrogens (tertiary/aromatic N) is 1. The third-order valence-electron chi connectivity index (χ3n) is 3.79. The van der Waals surface area contributed by atoms with E-state index < -0.39 is 0 Å². The van der Waals surface area contributed by atoms with E-state index in [2.05, 4.69) is 17.1 Å². The molecule has 2 rings (SSSR count). The van der Waals surface area contributed by atoms with Crippen molar-refractivity contribution in [1.82, 2.24) is 10.2 Å². The Balaban J connectivity index is 1.41. The first kappa shape index (κ1) is 14.3. The van der Waals surface area contributed by atoms with E-state index in [1.807, 2.05) is 0 Å². The highest BCUT2D eigenvalue weighted by molar-refractivity contribution is 4.84. The van der Waals surface area contributed by atoms with E-state index in [0.717, 1.165) is 38.2 Å². The topological polar surface area (TPSA) is 44.7 Å². The van der Waals surface area contributed by atoms with Gasteiger partial charge in [0.1, 0.15) is 0 Å². The number of hydrogen-bond acceptors (Lipinski definition) is 4. The van der Waals surface area contributed by atoms with Crippen LogP contribution < -0.4 is 5.32 Å². The molecule has 0 spiro atoms. The summed E-state index contributed by atoms with van der Waals surface area (Å²) in [5.41, 5.74) is 0. The number of rotatable bonds is 11. The minimum absolute atomic E-state index is 0.361. The summed E-state index contributed by atoms with van der Waals surface area (Å²) in [4.78, 5) is 2.52. The lowest BCUT2D eigenvalue weighted by molar-refractivity contribution is 0.0324. The van der Waals surface area contributed by atoms with Crippen LogP contribution in [0.15, 0.2) is 0 Å². The van der Waals surface area contributed by atoms with E-state index in [0.29, 0.717) is 13.2 Å². The minimum atomic E-state index is -0.361. The van der Waals surface area contributed by atoms with E-state index in [1.54, 1.807) is 0 Å². The molecule has 1 atom stereocenters. The molecule has 0 amide bonds. The molecule has 2 aliphatic carbocycles. The fraction of sp³-hybridized carbons (Fsp3) is 1.00. The van der Waals surface area contributed by atoms with Gasteiger partial charge < -0.3 is 15.2 Å². The molecule has 1 unspecified atom stereocenters. The Morgan fingerprint density at radius 2 is 2.11 bits per heavy atom. The number of likely N-dealkylation sites (N-methyl/N-ethyl adjacent to an activating group) is 1. The van der Waals surface area contributed by atoms with Gasteiger partial charge in [0.15, 0.2) is 0 Å². The average Bonchev–Trinajstić information content (AvgIpc) is 3.22. The molecule has 0 bridgehead atoms. The van der Waals surface area contributed by atoms with E-state index in [-0.39, 0.29) is 6.10 Å². The van der Waals surface area contributed by atoms with Crippen molar-refractivity contribution in [2.75, 3.05) is 39.4 Å². The Bertz CT molecular complexity index is 230. The van der Waals surface area contributed by atoms with Crippen molar-refractivity contribution in [2.45, 2.75) is 44.8 Å². The van der Waals surface area contributed by atoms with Gasteiger partial charge in [0, 0.05) is 32.3 Å². The predicted octanol–water partition coefficient (Wildman–Crippen LogP) is 0.848. The first-order valence-corrected chi connectivity index (χ1v) is 7.50. The SMILES string of the molecule is CCN(CCNCC(O)COCC1CC1)C1CC1. The van der Waals surface area contributed by atoms with Crippen LogP contribution in [0.4, 0.5) is 0 Å². The normalized spacial score (nSPS) is 21.5. The fourth-order valence-corrected chi connectivity index (χ4v) is 2.24. The van der Waals surface area contributed by atoms with Crippen LogP contribution in [0, 0.1) is 5.92 Å². The van der Waals surface area contributed by atoms with Crippen LogP contribution in [-0.2, 0) is 4.74 Å². The first-order chi connectivity index (χ1) is 8.79. The van der Waals surface area contributed by atoms with Gasteiger partial charge in [-0.15, -0.1) is 0 Å². The second-order valence-corrected chi connectivity index (χ2v) is 5.70. The van der Waals surface area contributed by atoms with Crippen LogP contribution in [0.3, 0.4) is 0 Å². The molecule has 0 aliphatic heterocycles. The highest BCUT2D eigenvalue weighted by Gasteiger charge is 2.27. The fourth-order valence-electron chi connectivity index (χ4n) is 2.24. The molecule has 0 radical (unpaired) electrons. The van der Waals surface area contributed by atoms with Crippen LogP contribution in [0.2, 0.25) is 0 Å². The zero-order valence-electron chi connectivity index (χ0n) is 11.6. The van der Waals surface area contributed by atoms with Crippen LogP contribution in [-0.4, -0.2) is 61.5 Å². The van der Waals surface area contributed by atoms with Crippen LogP contribution in [0.25, 0.3) is 0 Å². The van der Waals surface area contributed by atoms with Gasteiger partial charge in [-0.25, -0.2) is 0 Å². The van der Waals surface area contributed by atoms with Gasteiger partial charge in [-0.1, -0.05) is 6.92 Å². The second-order valence-electron chi connectivity index (χ2n) is 5.70. The molecule has 2 N–H and O–H groups in total. The van der Waals surface area contributed by atoms with Gasteiger partial charge in [-0.3, -0.25) is 4.90 Å². The maximum absolute atomic E-state index is 9.73. The first-order valence-electron chi connectivity index (χ1n) is 7.50. The quantitative estimate of drug-likeness (QED) is 0.538. The summed E-state index contributed by atoms with van der Waals surface area (Å²) in [6.45, 7) is 7.37. The van der Waals surface area contributed by atoms with Gasteiger partial charge in [0.2, 0.25) is 0 Å². The van der Waals surface area contributed by atoms with E-state index in [1.165, 1.54) is 25.7 Å².